The summed E-state index contributed by atoms with van der Waals surface area (Å²) in [6, 6.07) is 23.6. The van der Waals surface area contributed by atoms with Crippen LogP contribution in [0.3, 0.4) is 0 Å². The van der Waals surface area contributed by atoms with Gasteiger partial charge in [0.2, 0.25) is 0 Å². The molecule has 0 fully saturated rings. The molecule has 4 aromatic rings. The second-order valence-corrected chi connectivity index (χ2v) is 7.03. The third-order valence-corrected chi connectivity index (χ3v) is 5.07. The van der Waals surface area contributed by atoms with Crippen LogP contribution in [0.2, 0.25) is 0 Å². The molecule has 0 aliphatic rings. The first-order chi connectivity index (χ1) is 15.6. The zero-order valence-corrected chi connectivity index (χ0v) is 17.7. The van der Waals surface area contributed by atoms with E-state index in [2.05, 4.69) is 6.07 Å². The van der Waals surface area contributed by atoms with Gasteiger partial charge in [-0.15, -0.1) is 0 Å². The van der Waals surface area contributed by atoms with Crippen molar-refractivity contribution in [2.45, 2.75) is 6.61 Å². The Balaban J connectivity index is 1.69. The molecule has 0 spiro atoms. The lowest BCUT2D eigenvalue weighted by atomic mass is 10.0. The van der Waals surface area contributed by atoms with Crippen LogP contribution in [-0.4, -0.2) is 25.2 Å². The molecule has 6 nitrogen and oxygen atoms in total. The van der Waals surface area contributed by atoms with Gasteiger partial charge in [0.1, 0.15) is 6.61 Å². The molecule has 1 heterocycles. The highest BCUT2D eigenvalue weighted by Gasteiger charge is 2.16. The van der Waals surface area contributed by atoms with Crippen molar-refractivity contribution in [2.75, 3.05) is 14.2 Å². The third kappa shape index (κ3) is 4.23. The van der Waals surface area contributed by atoms with Crippen molar-refractivity contribution in [3.63, 3.8) is 0 Å². The zero-order chi connectivity index (χ0) is 22.5. The predicted molar refractivity (Wildman–Crippen MR) is 121 cm³/mol. The van der Waals surface area contributed by atoms with Crippen LogP contribution in [-0.2, 0) is 11.3 Å². The Labute approximate surface area is 185 Å². The van der Waals surface area contributed by atoms with Gasteiger partial charge >= 0.3 is 5.97 Å². The van der Waals surface area contributed by atoms with Crippen molar-refractivity contribution >= 4 is 16.9 Å². The van der Waals surface area contributed by atoms with Gasteiger partial charge in [-0.25, -0.2) is 9.78 Å². The SMILES string of the molecule is COc1ccc(-c2cc(C(=O)OCc3ccc(C#N)cc3)c3ccccc3n2)cc1OC. The largest absolute Gasteiger partial charge is 0.493 e. The number of ether oxygens (including phenoxy) is 3. The molecule has 4 rings (SSSR count). The number of esters is 1. The number of nitriles is 1. The van der Waals surface area contributed by atoms with Crippen LogP contribution in [0.15, 0.2) is 72.8 Å². The van der Waals surface area contributed by atoms with Crippen molar-refractivity contribution in [3.05, 3.63) is 89.5 Å². The summed E-state index contributed by atoms with van der Waals surface area (Å²) in [5.41, 5.74) is 3.87. The molecule has 6 heteroatoms. The molecule has 0 saturated carbocycles. The van der Waals surface area contributed by atoms with Crippen LogP contribution in [0.25, 0.3) is 22.2 Å². The van der Waals surface area contributed by atoms with E-state index < -0.39 is 5.97 Å². The van der Waals surface area contributed by atoms with Gasteiger partial charge in [0.15, 0.2) is 11.5 Å². The maximum absolute atomic E-state index is 13.0. The number of fused-ring (bicyclic) bond motifs is 1. The molecule has 0 saturated heterocycles. The second kappa shape index (κ2) is 9.19. The van der Waals surface area contributed by atoms with Gasteiger partial charge in [0.05, 0.1) is 42.6 Å². The maximum atomic E-state index is 13.0. The summed E-state index contributed by atoms with van der Waals surface area (Å²) < 4.78 is 16.3. The number of para-hydroxylation sites is 1. The summed E-state index contributed by atoms with van der Waals surface area (Å²) in [5.74, 6) is 0.735. The first-order valence-corrected chi connectivity index (χ1v) is 9.91. The predicted octanol–water partition coefficient (Wildman–Crippen LogP) is 5.15. The molecule has 0 atom stereocenters. The Morgan fingerprint density at radius 2 is 1.69 bits per heavy atom. The molecule has 0 aliphatic heterocycles. The van der Waals surface area contributed by atoms with Gasteiger partial charge in [0, 0.05) is 10.9 Å². The fourth-order valence-corrected chi connectivity index (χ4v) is 3.39. The van der Waals surface area contributed by atoms with E-state index in [0.717, 1.165) is 11.1 Å². The minimum absolute atomic E-state index is 0.104. The van der Waals surface area contributed by atoms with E-state index in [1.807, 2.05) is 36.4 Å². The second-order valence-electron chi connectivity index (χ2n) is 7.03. The smallest absolute Gasteiger partial charge is 0.339 e. The zero-order valence-electron chi connectivity index (χ0n) is 17.7. The molecule has 0 amide bonds. The van der Waals surface area contributed by atoms with Crippen LogP contribution in [0.5, 0.6) is 11.5 Å². The molecule has 32 heavy (non-hydrogen) atoms. The average Bonchev–Trinajstić information content (AvgIpc) is 2.86. The highest BCUT2D eigenvalue weighted by molar-refractivity contribution is 6.04. The van der Waals surface area contributed by atoms with E-state index in [9.17, 15) is 4.79 Å². The fourth-order valence-electron chi connectivity index (χ4n) is 3.39. The Kier molecular flexibility index (Phi) is 6.00. The van der Waals surface area contributed by atoms with Crippen LogP contribution >= 0.6 is 0 Å². The molecule has 0 bridgehead atoms. The van der Waals surface area contributed by atoms with Crippen molar-refractivity contribution in [1.29, 1.82) is 5.26 Å². The number of rotatable bonds is 6. The van der Waals surface area contributed by atoms with Crippen molar-refractivity contribution in [3.8, 4) is 28.8 Å². The Bertz CT molecular complexity index is 1320. The number of hydrogen-bond donors (Lipinski definition) is 0. The molecular formula is C26H20N2O4. The third-order valence-electron chi connectivity index (χ3n) is 5.07. The number of benzene rings is 3. The van der Waals surface area contributed by atoms with E-state index in [1.165, 1.54) is 0 Å². The van der Waals surface area contributed by atoms with Gasteiger partial charge < -0.3 is 14.2 Å². The van der Waals surface area contributed by atoms with Crippen LogP contribution in [0.4, 0.5) is 0 Å². The Morgan fingerprint density at radius 1 is 0.938 bits per heavy atom. The summed E-state index contributed by atoms with van der Waals surface area (Å²) >= 11 is 0. The van der Waals surface area contributed by atoms with Crippen molar-refractivity contribution in [2.24, 2.45) is 0 Å². The minimum Gasteiger partial charge on any atom is -0.493 e. The number of methoxy groups -OCH3 is 2. The maximum Gasteiger partial charge on any atom is 0.339 e. The lowest BCUT2D eigenvalue weighted by Crippen LogP contribution is -2.07. The molecule has 0 N–H and O–H groups in total. The van der Waals surface area contributed by atoms with E-state index in [4.69, 9.17) is 24.5 Å². The lowest BCUT2D eigenvalue weighted by molar-refractivity contribution is 0.0475. The normalized spacial score (nSPS) is 10.4. The number of carbonyl (C=O) groups is 1. The van der Waals surface area contributed by atoms with Gasteiger partial charge in [0.25, 0.3) is 0 Å². The van der Waals surface area contributed by atoms with Gasteiger partial charge in [-0.1, -0.05) is 30.3 Å². The number of carbonyl (C=O) groups excluding carboxylic acids is 1. The van der Waals surface area contributed by atoms with Crippen molar-refractivity contribution in [1.82, 2.24) is 4.98 Å². The summed E-state index contributed by atoms with van der Waals surface area (Å²) in [5, 5.41) is 9.63. The number of pyridine rings is 1. The number of nitrogens with zero attached hydrogens (tertiary/aromatic N) is 2. The monoisotopic (exact) mass is 424 g/mol. The summed E-state index contributed by atoms with van der Waals surface area (Å²) in [6.45, 7) is 0.104. The first-order valence-electron chi connectivity index (χ1n) is 9.91. The highest BCUT2D eigenvalue weighted by atomic mass is 16.5. The van der Waals surface area contributed by atoms with E-state index in [1.54, 1.807) is 50.6 Å². The topological polar surface area (TPSA) is 81.4 Å². The molecule has 0 unspecified atom stereocenters. The standard InChI is InChI=1S/C26H20N2O4/c1-30-24-12-11-19(13-25(24)31-2)23-14-21(20-5-3-4-6-22(20)28-23)26(29)32-16-18-9-7-17(15-27)8-10-18/h3-14H,16H2,1-2H3. The highest BCUT2D eigenvalue weighted by Crippen LogP contribution is 2.33. The molecular weight excluding hydrogens is 404 g/mol. The summed E-state index contributed by atoms with van der Waals surface area (Å²) in [7, 11) is 3.15. The summed E-state index contributed by atoms with van der Waals surface area (Å²) in [4.78, 5) is 17.7. The van der Waals surface area contributed by atoms with Gasteiger partial charge in [-0.05, 0) is 48.0 Å². The van der Waals surface area contributed by atoms with E-state index in [0.29, 0.717) is 39.2 Å². The molecule has 3 aromatic carbocycles. The fraction of sp³-hybridized carbons (Fsp3) is 0.115. The van der Waals surface area contributed by atoms with Crippen molar-refractivity contribution < 1.29 is 19.0 Å². The Morgan fingerprint density at radius 3 is 2.41 bits per heavy atom. The summed E-state index contributed by atoms with van der Waals surface area (Å²) in [6.07, 6.45) is 0. The van der Waals surface area contributed by atoms with E-state index >= 15 is 0 Å². The molecule has 1 aromatic heterocycles. The minimum atomic E-state index is -0.449. The lowest BCUT2D eigenvalue weighted by Gasteiger charge is -2.12. The molecule has 0 aliphatic carbocycles. The first kappa shape index (κ1) is 20.9. The molecule has 158 valence electrons. The Hall–Kier alpha value is -4.37. The van der Waals surface area contributed by atoms with Crippen LogP contribution in [0, 0.1) is 11.3 Å². The number of aromatic nitrogens is 1. The average molecular weight is 424 g/mol. The molecule has 0 radical (unpaired) electrons. The number of hydrogen-bond acceptors (Lipinski definition) is 6. The van der Waals surface area contributed by atoms with Gasteiger partial charge in [-0.3, -0.25) is 0 Å². The van der Waals surface area contributed by atoms with Crippen LogP contribution in [0.1, 0.15) is 21.5 Å². The van der Waals surface area contributed by atoms with E-state index in [-0.39, 0.29) is 6.61 Å². The van der Waals surface area contributed by atoms with Gasteiger partial charge in [-0.2, -0.15) is 5.26 Å². The van der Waals surface area contributed by atoms with Crippen LogP contribution < -0.4 is 9.47 Å². The quantitative estimate of drug-likeness (QED) is 0.398.